The SMILES string of the molecule is CCOc1ccc(C(=O)CSc2nnc3n(-c4ccc(C)cc4)c(=O)c4ccccc4n23)cc1. The van der Waals surface area contributed by atoms with E-state index in [1.165, 1.54) is 11.8 Å². The molecule has 0 saturated heterocycles. The van der Waals surface area contributed by atoms with Crippen LogP contribution < -0.4 is 10.3 Å². The summed E-state index contributed by atoms with van der Waals surface area (Å²) in [5.74, 6) is 1.30. The van der Waals surface area contributed by atoms with Crippen molar-refractivity contribution < 1.29 is 9.53 Å². The molecule has 3 aromatic carbocycles. The number of carbonyl (C=O) groups is 1. The van der Waals surface area contributed by atoms with Crippen LogP contribution in [0.5, 0.6) is 5.75 Å². The largest absolute Gasteiger partial charge is 0.494 e. The summed E-state index contributed by atoms with van der Waals surface area (Å²) in [7, 11) is 0. The van der Waals surface area contributed by atoms with Gasteiger partial charge in [-0.2, -0.15) is 0 Å². The highest BCUT2D eigenvalue weighted by molar-refractivity contribution is 7.99. The molecule has 0 aliphatic carbocycles. The van der Waals surface area contributed by atoms with E-state index >= 15 is 0 Å². The van der Waals surface area contributed by atoms with Crippen molar-refractivity contribution in [1.29, 1.82) is 0 Å². The van der Waals surface area contributed by atoms with E-state index in [4.69, 9.17) is 4.74 Å². The Kier molecular flexibility index (Phi) is 5.90. The third kappa shape index (κ3) is 3.97. The molecule has 0 spiro atoms. The van der Waals surface area contributed by atoms with Gasteiger partial charge in [-0.05, 0) is 62.4 Å². The second kappa shape index (κ2) is 9.15. The number of hydrogen-bond donors (Lipinski definition) is 0. The van der Waals surface area contributed by atoms with E-state index < -0.39 is 0 Å². The van der Waals surface area contributed by atoms with Crippen LogP contribution in [-0.2, 0) is 0 Å². The predicted molar refractivity (Wildman–Crippen MR) is 133 cm³/mol. The molecule has 0 unspecified atom stereocenters. The first-order valence-corrected chi connectivity index (χ1v) is 11.9. The molecule has 0 fully saturated rings. The average molecular weight is 471 g/mol. The molecule has 170 valence electrons. The number of fused-ring (bicyclic) bond motifs is 3. The van der Waals surface area contributed by atoms with Crippen molar-refractivity contribution in [3.8, 4) is 11.4 Å². The van der Waals surface area contributed by atoms with Crippen LogP contribution in [-0.4, -0.2) is 37.3 Å². The number of ketones is 1. The molecule has 0 N–H and O–H groups in total. The van der Waals surface area contributed by atoms with Gasteiger partial charge >= 0.3 is 0 Å². The zero-order valence-corrected chi connectivity index (χ0v) is 19.6. The molecule has 0 aliphatic rings. The van der Waals surface area contributed by atoms with Crippen LogP contribution in [0, 0.1) is 6.92 Å². The van der Waals surface area contributed by atoms with Crippen molar-refractivity contribution in [2.45, 2.75) is 19.0 Å². The standard InChI is InChI=1S/C26H22N4O3S/c1-3-33-20-14-10-18(11-15-20)23(31)16-34-26-28-27-25-29(19-12-8-17(2)9-13-19)24(32)21-6-4-5-7-22(21)30(25)26/h4-15H,3,16H2,1-2H3. The quantitative estimate of drug-likeness (QED) is 0.253. The van der Waals surface area contributed by atoms with Crippen molar-refractivity contribution in [2.24, 2.45) is 0 Å². The highest BCUT2D eigenvalue weighted by atomic mass is 32.2. The minimum absolute atomic E-state index is 0.0269. The summed E-state index contributed by atoms with van der Waals surface area (Å²) in [5.41, 5.74) is 2.94. The van der Waals surface area contributed by atoms with Crippen LogP contribution in [0.15, 0.2) is 82.7 Å². The van der Waals surface area contributed by atoms with Gasteiger partial charge in [0.25, 0.3) is 5.56 Å². The molecular weight excluding hydrogens is 448 g/mol. The van der Waals surface area contributed by atoms with Gasteiger partial charge in [0.1, 0.15) is 5.75 Å². The first-order valence-electron chi connectivity index (χ1n) is 10.9. The molecule has 7 nitrogen and oxygen atoms in total. The normalized spacial score (nSPS) is 11.2. The maximum atomic E-state index is 13.4. The zero-order valence-electron chi connectivity index (χ0n) is 18.8. The van der Waals surface area contributed by atoms with Gasteiger partial charge in [-0.15, -0.1) is 10.2 Å². The summed E-state index contributed by atoms with van der Waals surface area (Å²) >= 11 is 1.29. The highest BCUT2D eigenvalue weighted by Crippen LogP contribution is 2.24. The molecule has 5 aromatic rings. The lowest BCUT2D eigenvalue weighted by atomic mass is 10.1. The number of aromatic nitrogens is 4. The number of benzene rings is 3. The van der Waals surface area contributed by atoms with Crippen molar-refractivity contribution in [1.82, 2.24) is 19.2 Å². The van der Waals surface area contributed by atoms with E-state index in [0.29, 0.717) is 39.7 Å². The predicted octanol–water partition coefficient (Wildman–Crippen LogP) is 4.72. The fourth-order valence-electron chi connectivity index (χ4n) is 3.82. The van der Waals surface area contributed by atoms with E-state index in [0.717, 1.165) is 11.3 Å². The Balaban J connectivity index is 1.54. The number of hydrogen-bond acceptors (Lipinski definition) is 6. The smallest absolute Gasteiger partial charge is 0.267 e. The van der Waals surface area contributed by atoms with Gasteiger partial charge in [0.15, 0.2) is 10.9 Å². The van der Waals surface area contributed by atoms with Crippen LogP contribution in [0.2, 0.25) is 0 Å². The second-order valence-corrected chi connectivity index (χ2v) is 8.72. The molecule has 2 heterocycles. The maximum Gasteiger partial charge on any atom is 0.267 e. The average Bonchev–Trinajstić information content (AvgIpc) is 3.28. The fourth-order valence-corrected chi connectivity index (χ4v) is 4.65. The number of carbonyl (C=O) groups excluding carboxylic acids is 1. The maximum absolute atomic E-state index is 13.4. The number of aryl methyl sites for hydroxylation is 1. The molecule has 0 bridgehead atoms. The monoisotopic (exact) mass is 470 g/mol. The second-order valence-electron chi connectivity index (χ2n) is 7.78. The van der Waals surface area contributed by atoms with E-state index in [1.807, 2.05) is 60.7 Å². The van der Waals surface area contributed by atoms with Gasteiger partial charge in [-0.3, -0.25) is 14.0 Å². The van der Waals surface area contributed by atoms with E-state index in [1.54, 1.807) is 34.9 Å². The molecule has 8 heteroatoms. The van der Waals surface area contributed by atoms with Crippen LogP contribution in [0.4, 0.5) is 0 Å². The summed E-state index contributed by atoms with van der Waals surface area (Å²) in [6, 6.07) is 22.2. The molecule has 0 amide bonds. The third-order valence-electron chi connectivity index (χ3n) is 5.51. The van der Waals surface area contributed by atoms with E-state index in [2.05, 4.69) is 10.2 Å². The molecule has 2 aromatic heterocycles. The first kappa shape index (κ1) is 21.9. The summed E-state index contributed by atoms with van der Waals surface area (Å²) in [6.07, 6.45) is 0. The number of Topliss-reactive ketones (excluding diaryl/α,β-unsaturated/α-hetero) is 1. The van der Waals surface area contributed by atoms with Crippen LogP contribution >= 0.6 is 11.8 Å². The number of thioether (sulfide) groups is 1. The van der Waals surface area contributed by atoms with Crippen molar-refractivity contribution in [3.05, 3.63) is 94.3 Å². The molecule has 0 saturated carbocycles. The molecule has 0 aliphatic heterocycles. The number of nitrogens with zero attached hydrogens (tertiary/aromatic N) is 4. The minimum atomic E-state index is -0.165. The van der Waals surface area contributed by atoms with Gasteiger partial charge in [-0.25, -0.2) is 4.57 Å². The zero-order chi connectivity index (χ0) is 23.7. The Morgan fingerprint density at radius 2 is 1.71 bits per heavy atom. The third-order valence-corrected chi connectivity index (χ3v) is 6.44. The van der Waals surface area contributed by atoms with Gasteiger partial charge < -0.3 is 4.74 Å². The Bertz CT molecular complexity index is 1550. The molecule has 0 atom stereocenters. The molecule has 34 heavy (non-hydrogen) atoms. The van der Waals surface area contributed by atoms with Crippen molar-refractivity contribution >= 4 is 34.2 Å². The highest BCUT2D eigenvalue weighted by Gasteiger charge is 2.19. The Labute approximate surface area is 200 Å². The lowest BCUT2D eigenvalue weighted by molar-refractivity contribution is 0.102. The Morgan fingerprint density at radius 1 is 0.971 bits per heavy atom. The van der Waals surface area contributed by atoms with Crippen LogP contribution in [0.3, 0.4) is 0 Å². The van der Waals surface area contributed by atoms with Gasteiger partial charge in [-0.1, -0.05) is 41.6 Å². The Morgan fingerprint density at radius 3 is 2.44 bits per heavy atom. The van der Waals surface area contributed by atoms with Crippen LogP contribution in [0.25, 0.3) is 22.4 Å². The van der Waals surface area contributed by atoms with E-state index in [-0.39, 0.29) is 17.1 Å². The Hall–Kier alpha value is -3.91. The van der Waals surface area contributed by atoms with Gasteiger partial charge in [0.2, 0.25) is 5.78 Å². The number of para-hydroxylation sites is 1. The summed E-state index contributed by atoms with van der Waals surface area (Å²) in [6.45, 7) is 4.49. The summed E-state index contributed by atoms with van der Waals surface area (Å²) < 4.78 is 8.85. The van der Waals surface area contributed by atoms with Gasteiger partial charge in [0, 0.05) is 5.56 Å². The van der Waals surface area contributed by atoms with Gasteiger partial charge in [0.05, 0.1) is 29.0 Å². The lowest BCUT2D eigenvalue weighted by Gasteiger charge is -2.11. The summed E-state index contributed by atoms with van der Waals surface area (Å²) in [5, 5.41) is 9.78. The van der Waals surface area contributed by atoms with Crippen molar-refractivity contribution in [3.63, 3.8) is 0 Å². The molecule has 5 rings (SSSR count). The molecular formula is C26H22N4O3S. The molecule has 0 radical (unpaired) electrons. The minimum Gasteiger partial charge on any atom is -0.494 e. The van der Waals surface area contributed by atoms with Crippen molar-refractivity contribution in [2.75, 3.05) is 12.4 Å². The topological polar surface area (TPSA) is 78.5 Å². The summed E-state index contributed by atoms with van der Waals surface area (Å²) in [4.78, 5) is 26.2. The van der Waals surface area contributed by atoms with E-state index in [9.17, 15) is 9.59 Å². The lowest BCUT2D eigenvalue weighted by Crippen LogP contribution is -2.21. The van der Waals surface area contributed by atoms with Crippen LogP contribution in [0.1, 0.15) is 22.8 Å². The number of ether oxygens (including phenoxy) is 1. The first-order chi connectivity index (χ1) is 16.6. The fraction of sp³-hybridized carbons (Fsp3) is 0.154. The number of rotatable bonds is 7.